The number of nitrogens with zero attached hydrogens (tertiary/aromatic N) is 1. The van der Waals surface area contributed by atoms with Gasteiger partial charge in [0.15, 0.2) is 0 Å². The van der Waals surface area contributed by atoms with Crippen LogP contribution in [0, 0.1) is 6.92 Å². The number of benzene rings is 2. The van der Waals surface area contributed by atoms with Crippen LogP contribution in [-0.4, -0.2) is 12.8 Å². The van der Waals surface area contributed by atoms with Crippen molar-refractivity contribution in [2.24, 2.45) is 4.99 Å². The van der Waals surface area contributed by atoms with Gasteiger partial charge in [0.25, 0.3) is 0 Å². The molecule has 2 aromatic carbocycles. The lowest BCUT2D eigenvalue weighted by atomic mass is 10.1. The maximum Gasteiger partial charge on any atom is 0.119 e. The zero-order valence-corrected chi connectivity index (χ0v) is 17.8. The zero-order valence-electron chi connectivity index (χ0n) is 17.8. The van der Waals surface area contributed by atoms with Crippen molar-refractivity contribution in [3.8, 4) is 5.75 Å². The lowest BCUT2D eigenvalue weighted by Crippen LogP contribution is -1.97. The van der Waals surface area contributed by atoms with E-state index in [-0.39, 0.29) is 0 Å². The van der Waals surface area contributed by atoms with Gasteiger partial charge in [-0.3, -0.25) is 4.99 Å². The van der Waals surface area contributed by atoms with E-state index in [1.807, 2.05) is 30.5 Å². The summed E-state index contributed by atoms with van der Waals surface area (Å²) < 4.78 is 5.86. The molecule has 0 unspecified atom stereocenters. The van der Waals surface area contributed by atoms with E-state index in [0.29, 0.717) is 0 Å². The number of rotatable bonds is 14. The molecule has 0 bridgehead atoms. The van der Waals surface area contributed by atoms with E-state index < -0.39 is 0 Å². The molecule has 0 aliphatic heterocycles. The van der Waals surface area contributed by atoms with E-state index in [1.54, 1.807) is 0 Å². The number of hydrogen-bond donors (Lipinski definition) is 0. The molecule has 2 rings (SSSR count). The van der Waals surface area contributed by atoms with Crippen LogP contribution >= 0.6 is 0 Å². The van der Waals surface area contributed by atoms with Crippen LogP contribution in [0.3, 0.4) is 0 Å². The second-order valence-corrected chi connectivity index (χ2v) is 7.69. The summed E-state index contributed by atoms with van der Waals surface area (Å²) >= 11 is 0. The summed E-state index contributed by atoms with van der Waals surface area (Å²) in [5, 5.41) is 0. The molecular formula is C26H37NO. The third kappa shape index (κ3) is 9.73. The molecule has 0 fully saturated rings. The van der Waals surface area contributed by atoms with Crippen LogP contribution in [0.5, 0.6) is 5.75 Å². The van der Waals surface area contributed by atoms with E-state index in [9.17, 15) is 0 Å². The predicted molar refractivity (Wildman–Crippen MR) is 122 cm³/mol. The Morgan fingerprint density at radius 1 is 0.714 bits per heavy atom. The second-order valence-electron chi connectivity index (χ2n) is 7.69. The Hall–Kier alpha value is -2.09. The number of aryl methyl sites for hydroxylation is 1. The molecule has 0 aliphatic rings. The Kier molecular flexibility index (Phi) is 11.1. The van der Waals surface area contributed by atoms with Gasteiger partial charge in [0, 0.05) is 6.21 Å². The molecule has 0 saturated carbocycles. The Balaban J connectivity index is 1.54. The van der Waals surface area contributed by atoms with Crippen LogP contribution in [-0.2, 0) is 0 Å². The van der Waals surface area contributed by atoms with Crippen LogP contribution in [0.15, 0.2) is 53.5 Å². The average molecular weight is 380 g/mol. The number of aliphatic imine (C=N–C) groups is 1. The van der Waals surface area contributed by atoms with Gasteiger partial charge in [0.05, 0.1) is 12.3 Å². The molecule has 2 heteroatoms. The van der Waals surface area contributed by atoms with Gasteiger partial charge in [-0.1, -0.05) is 82.4 Å². The summed E-state index contributed by atoms with van der Waals surface area (Å²) in [4.78, 5) is 4.51. The molecule has 0 spiro atoms. The van der Waals surface area contributed by atoms with Gasteiger partial charge in [0.1, 0.15) is 5.75 Å². The molecule has 0 aliphatic carbocycles. The van der Waals surface area contributed by atoms with Gasteiger partial charge in [-0.2, -0.15) is 0 Å². The first-order valence-corrected chi connectivity index (χ1v) is 11.1. The van der Waals surface area contributed by atoms with Crippen molar-refractivity contribution < 1.29 is 4.74 Å². The molecule has 0 heterocycles. The van der Waals surface area contributed by atoms with E-state index in [1.165, 1.54) is 63.4 Å². The molecule has 0 amide bonds. The summed E-state index contributed by atoms with van der Waals surface area (Å²) in [6, 6.07) is 16.4. The minimum Gasteiger partial charge on any atom is -0.494 e. The minimum atomic E-state index is 0.813. The lowest BCUT2D eigenvalue weighted by Gasteiger charge is -2.06. The fraction of sp³-hybridized carbons (Fsp3) is 0.500. The van der Waals surface area contributed by atoms with Crippen LogP contribution in [0.2, 0.25) is 0 Å². The Labute approximate surface area is 172 Å². The standard InChI is InChI=1S/C26H37NO/c1-3-4-5-6-7-8-9-10-11-12-21-28-26-19-15-24(16-20-26)22-27-25-17-13-23(2)14-18-25/h13-20,22H,3-12,21H2,1-2H3. The largest absolute Gasteiger partial charge is 0.494 e. The van der Waals surface area contributed by atoms with Crippen LogP contribution < -0.4 is 4.74 Å². The molecule has 2 nitrogen and oxygen atoms in total. The van der Waals surface area contributed by atoms with Gasteiger partial charge in [-0.25, -0.2) is 0 Å². The van der Waals surface area contributed by atoms with Crippen LogP contribution in [0.1, 0.15) is 82.3 Å². The first-order chi connectivity index (χ1) is 13.8. The summed E-state index contributed by atoms with van der Waals surface area (Å²) in [7, 11) is 0. The highest BCUT2D eigenvalue weighted by Gasteiger charge is 1.96. The molecule has 2 aromatic rings. The van der Waals surface area contributed by atoms with E-state index in [2.05, 4.69) is 43.1 Å². The van der Waals surface area contributed by atoms with Crippen LogP contribution in [0.25, 0.3) is 0 Å². The number of hydrogen-bond acceptors (Lipinski definition) is 2. The molecule has 0 aromatic heterocycles. The fourth-order valence-corrected chi connectivity index (χ4v) is 3.21. The fourth-order valence-electron chi connectivity index (χ4n) is 3.21. The van der Waals surface area contributed by atoms with Gasteiger partial charge < -0.3 is 4.74 Å². The molecule has 28 heavy (non-hydrogen) atoms. The van der Waals surface area contributed by atoms with Crippen molar-refractivity contribution in [3.05, 3.63) is 59.7 Å². The minimum absolute atomic E-state index is 0.813. The van der Waals surface area contributed by atoms with Gasteiger partial charge in [0.2, 0.25) is 0 Å². The highest BCUT2D eigenvalue weighted by atomic mass is 16.5. The monoisotopic (exact) mass is 379 g/mol. The van der Waals surface area contributed by atoms with Gasteiger partial charge >= 0.3 is 0 Å². The number of unbranched alkanes of at least 4 members (excludes halogenated alkanes) is 9. The number of ether oxygens (including phenoxy) is 1. The zero-order chi connectivity index (χ0) is 19.9. The molecule has 0 N–H and O–H groups in total. The van der Waals surface area contributed by atoms with Crippen molar-refractivity contribution in [2.75, 3.05) is 6.61 Å². The normalized spacial score (nSPS) is 11.2. The SMILES string of the molecule is CCCCCCCCCCCCOc1ccc(C=Nc2ccc(C)cc2)cc1. The van der Waals surface area contributed by atoms with E-state index in [0.717, 1.165) is 30.0 Å². The van der Waals surface area contributed by atoms with Crippen molar-refractivity contribution >= 4 is 11.9 Å². The molecule has 0 radical (unpaired) electrons. The highest BCUT2D eigenvalue weighted by Crippen LogP contribution is 2.15. The lowest BCUT2D eigenvalue weighted by molar-refractivity contribution is 0.304. The molecular weight excluding hydrogens is 342 g/mol. The predicted octanol–water partition coefficient (Wildman–Crippen LogP) is 8.05. The topological polar surface area (TPSA) is 21.6 Å². The highest BCUT2D eigenvalue weighted by molar-refractivity contribution is 5.82. The maximum absolute atomic E-state index is 5.86. The van der Waals surface area contributed by atoms with Crippen LogP contribution in [0.4, 0.5) is 5.69 Å². The third-order valence-corrected chi connectivity index (χ3v) is 5.04. The maximum atomic E-state index is 5.86. The Bertz CT molecular complexity index is 658. The quantitative estimate of drug-likeness (QED) is 0.240. The molecule has 152 valence electrons. The molecule has 0 saturated heterocycles. The van der Waals surface area contributed by atoms with E-state index >= 15 is 0 Å². The summed E-state index contributed by atoms with van der Waals surface area (Å²) in [6.45, 7) is 5.17. The Morgan fingerprint density at radius 3 is 1.89 bits per heavy atom. The van der Waals surface area contributed by atoms with Crippen molar-refractivity contribution in [2.45, 2.75) is 78.1 Å². The summed E-state index contributed by atoms with van der Waals surface area (Å²) in [5.74, 6) is 0.948. The van der Waals surface area contributed by atoms with E-state index in [4.69, 9.17) is 4.74 Å². The average Bonchev–Trinajstić information content (AvgIpc) is 2.72. The van der Waals surface area contributed by atoms with Gasteiger partial charge in [-0.05, 0) is 55.3 Å². The summed E-state index contributed by atoms with van der Waals surface area (Å²) in [6.07, 6.45) is 15.4. The third-order valence-electron chi connectivity index (χ3n) is 5.04. The van der Waals surface area contributed by atoms with Crippen molar-refractivity contribution in [3.63, 3.8) is 0 Å². The second kappa shape index (κ2) is 14.0. The Morgan fingerprint density at radius 2 is 1.29 bits per heavy atom. The first-order valence-electron chi connectivity index (χ1n) is 11.1. The smallest absolute Gasteiger partial charge is 0.119 e. The van der Waals surface area contributed by atoms with Gasteiger partial charge in [-0.15, -0.1) is 0 Å². The first kappa shape index (κ1) is 22.2. The van der Waals surface area contributed by atoms with Crippen molar-refractivity contribution in [1.82, 2.24) is 0 Å². The van der Waals surface area contributed by atoms with Crippen molar-refractivity contribution in [1.29, 1.82) is 0 Å². The summed E-state index contributed by atoms with van der Waals surface area (Å²) in [5.41, 5.74) is 3.32. The molecule has 0 atom stereocenters.